The Balaban J connectivity index is 0.000000663. The van der Waals surface area contributed by atoms with Crippen molar-refractivity contribution in [3.63, 3.8) is 0 Å². The highest BCUT2D eigenvalue weighted by Crippen LogP contribution is 2.53. The molecule has 1 aliphatic carbocycles. The van der Waals surface area contributed by atoms with Gasteiger partial charge in [-0.25, -0.2) is 22.0 Å². The Morgan fingerprint density at radius 2 is 1.75 bits per heavy atom. The highest BCUT2D eigenvalue weighted by atomic mass is 32.2. The zero-order valence-electron chi connectivity index (χ0n) is 21.5. The summed E-state index contributed by atoms with van der Waals surface area (Å²) in [6, 6.07) is 6.86. The van der Waals surface area contributed by atoms with Gasteiger partial charge in [0.2, 0.25) is 5.92 Å². The topological polar surface area (TPSA) is 66.8 Å². The van der Waals surface area contributed by atoms with E-state index in [2.05, 4.69) is 0 Å². The van der Waals surface area contributed by atoms with Gasteiger partial charge in [0.15, 0.2) is 0 Å². The van der Waals surface area contributed by atoms with E-state index in [1.165, 1.54) is 30.0 Å². The van der Waals surface area contributed by atoms with E-state index in [9.17, 15) is 49.2 Å². The number of alkyl halides is 7. The third-order valence-electron chi connectivity index (χ3n) is 6.51. The summed E-state index contributed by atoms with van der Waals surface area (Å²) in [7, 11) is -1.73. The Kier molecular flexibility index (Phi) is 9.12. The monoisotopic (exact) mass is 601 g/mol. The van der Waals surface area contributed by atoms with Crippen molar-refractivity contribution in [2.24, 2.45) is 5.41 Å². The number of hydrogen-bond donors (Lipinski definition) is 1. The van der Waals surface area contributed by atoms with Crippen LogP contribution in [-0.2, 0) is 21.8 Å². The van der Waals surface area contributed by atoms with Crippen LogP contribution in [0.4, 0.5) is 46.5 Å². The molecule has 1 heterocycles. The van der Waals surface area contributed by atoms with Gasteiger partial charge in [-0.2, -0.15) is 13.2 Å². The number of anilines is 2. The van der Waals surface area contributed by atoms with Gasteiger partial charge < -0.3 is 14.7 Å². The van der Waals surface area contributed by atoms with Gasteiger partial charge >= 0.3 is 12.1 Å². The van der Waals surface area contributed by atoms with Crippen molar-refractivity contribution in [1.29, 1.82) is 0 Å². The number of benzene rings is 2. The lowest BCUT2D eigenvalue weighted by Gasteiger charge is -2.43. The average Bonchev–Trinajstić information content (AvgIpc) is 2.98. The molecule has 2 aromatic rings. The van der Waals surface area contributed by atoms with E-state index in [4.69, 9.17) is 4.74 Å². The first-order valence-electron chi connectivity index (χ1n) is 12.2. The second kappa shape index (κ2) is 11.5. The van der Waals surface area contributed by atoms with Crippen molar-refractivity contribution in [2.45, 2.75) is 62.4 Å². The molecule has 1 unspecified atom stereocenters. The molecule has 5 nitrogen and oxygen atoms in total. The maximum absolute atomic E-state index is 13.9. The molecule has 1 saturated carbocycles. The second-order valence-electron chi connectivity index (χ2n) is 9.86. The van der Waals surface area contributed by atoms with E-state index in [0.717, 1.165) is 25.1 Å². The van der Waals surface area contributed by atoms with E-state index >= 15 is 0 Å². The molecule has 0 spiro atoms. The van der Waals surface area contributed by atoms with Crippen LogP contribution < -0.4 is 9.64 Å². The van der Waals surface area contributed by atoms with Crippen molar-refractivity contribution >= 4 is 28.1 Å². The van der Waals surface area contributed by atoms with Crippen LogP contribution in [0.2, 0.25) is 0 Å². The molecule has 0 amide bonds. The van der Waals surface area contributed by atoms with Crippen LogP contribution in [0, 0.1) is 11.2 Å². The van der Waals surface area contributed by atoms with E-state index in [1.807, 2.05) is 0 Å². The van der Waals surface area contributed by atoms with Gasteiger partial charge in [0, 0.05) is 37.2 Å². The van der Waals surface area contributed by atoms with E-state index < -0.39 is 76.8 Å². The standard InChI is InChI=1S/C22H19F6NO4S.C4H8F2/c23-13-3-1-4-14(7-13)29-5-2-6-34(32)18-9-17(15(8-16(18)29)22(26,27)28)33-12-20(19(30)31)10-21(24,25)11-20;1-3-4(2,5)6/h1,3-4,7-9H,2,5-6,10-12H2,(H,30,31);3H2,1-2H3. The summed E-state index contributed by atoms with van der Waals surface area (Å²) >= 11 is 0. The van der Waals surface area contributed by atoms with Crippen LogP contribution in [0.25, 0.3) is 0 Å². The Labute approximate surface area is 227 Å². The molecule has 0 aromatic heterocycles. The summed E-state index contributed by atoms with van der Waals surface area (Å²) < 4.78 is 123. The molecule has 40 heavy (non-hydrogen) atoms. The minimum atomic E-state index is -4.95. The van der Waals surface area contributed by atoms with Crippen LogP contribution >= 0.6 is 0 Å². The van der Waals surface area contributed by atoms with Crippen molar-refractivity contribution in [2.75, 3.05) is 23.8 Å². The lowest BCUT2D eigenvalue weighted by Crippen LogP contribution is -2.54. The third kappa shape index (κ3) is 7.43. The van der Waals surface area contributed by atoms with Gasteiger partial charge in [-0.05, 0) is 43.7 Å². The normalized spacial score (nSPS) is 19.9. The maximum Gasteiger partial charge on any atom is 0.420 e. The van der Waals surface area contributed by atoms with Crippen LogP contribution in [0.5, 0.6) is 5.75 Å². The van der Waals surface area contributed by atoms with Gasteiger partial charge in [-0.3, -0.25) is 9.00 Å². The Morgan fingerprint density at radius 3 is 2.25 bits per heavy atom. The summed E-state index contributed by atoms with van der Waals surface area (Å²) in [6.45, 7) is 1.64. The van der Waals surface area contributed by atoms with Crippen LogP contribution in [0.15, 0.2) is 41.3 Å². The quantitative estimate of drug-likeness (QED) is 0.349. The number of ether oxygens (including phenoxy) is 1. The smallest absolute Gasteiger partial charge is 0.420 e. The van der Waals surface area contributed by atoms with E-state index in [1.54, 1.807) is 0 Å². The highest BCUT2D eigenvalue weighted by molar-refractivity contribution is 7.85. The van der Waals surface area contributed by atoms with Gasteiger partial charge in [0.25, 0.3) is 5.92 Å². The first kappa shape index (κ1) is 31.6. The molecule has 0 radical (unpaired) electrons. The number of nitrogens with zero attached hydrogens (tertiary/aromatic N) is 1. The van der Waals surface area contributed by atoms with Crippen LogP contribution in [0.1, 0.15) is 45.1 Å². The number of halogens is 8. The van der Waals surface area contributed by atoms with Crippen LogP contribution in [-0.4, -0.2) is 46.0 Å². The van der Waals surface area contributed by atoms with Crippen molar-refractivity contribution in [3.05, 3.63) is 47.8 Å². The van der Waals surface area contributed by atoms with Gasteiger partial charge in [-0.15, -0.1) is 0 Å². The number of rotatable bonds is 6. The minimum absolute atomic E-state index is 0.00641. The fourth-order valence-electron chi connectivity index (χ4n) is 4.25. The Morgan fingerprint density at radius 1 is 1.12 bits per heavy atom. The van der Waals surface area contributed by atoms with E-state index in [0.29, 0.717) is 6.42 Å². The predicted molar refractivity (Wildman–Crippen MR) is 131 cm³/mol. The largest absolute Gasteiger partial charge is 0.492 e. The summed E-state index contributed by atoms with van der Waals surface area (Å²) in [5, 5.41) is 9.36. The summed E-state index contributed by atoms with van der Waals surface area (Å²) in [4.78, 5) is 12.9. The van der Waals surface area contributed by atoms with Crippen molar-refractivity contribution in [3.8, 4) is 5.75 Å². The zero-order chi connectivity index (χ0) is 30.1. The van der Waals surface area contributed by atoms with Gasteiger partial charge in [0.05, 0.1) is 26.9 Å². The Bertz CT molecular complexity index is 1250. The Hall–Kier alpha value is -2.90. The zero-order valence-corrected chi connectivity index (χ0v) is 22.3. The fraction of sp³-hybridized carbons (Fsp3) is 0.500. The number of carboxylic acids is 1. The minimum Gasteiger partial charge on any atom is -0.492 e. The lowest BCUT2D eigenvalue weighted by atomic mass is 9.66. The molecule has 4 rings (SSSR count). The first-order valence-corrected chi connectivity index (χ1v) is 13.5. The number of aliphatic carboxylic acids is 1. The molecule has 1 aliphatic heterocycles. The summed E-state index contributed by atoms with van der Waals surface area (Å²) in [5.41, 5.74) is -3.09. The highest BCUT2D eigenvalue weighted by Gasteiger charge is 2.62. The third-order valence-corrected chi connectivity index (χ3v) is 7.98. The maximum atomic E-state index is 13.9. The SMILES string of the molecule is CCC(C)(F)F.O=C(O)C1(COc2cc3c(cc2C(F)(F)F)N(c2cccc(F)c2)CCCS3=O)CC(F)(F)C1. The fourth-order valence-corrected chi connectivity index (χ4v) is 5.50. The number of hydrogen-bond acceptors (Lipinski definition) is 4. The van der Waals surface area contributed by atoms with Gasteiger partial charge in [0.1, 0.15) is 23.6 Å². The molecule has 2 aliphatic rings. The number of carboxylic acid groups (broad SMARTS) is 1. The summed E-state index contributed by atoms with van der Waals surface area (Å²) in [6.07, 6.45) is -6.78. The van der Waals surface area contributed by atoms with Crippen molar-refractivity contribution in [1.82, 2.24) is 0 Å². The molecule has 2 aromatic carbocycles. The molecule has 222 valence electrons. The predicted octanol–water partition coefficient (Wildman–Crippen LogP) is 7.42. The van der Waals surface area contributed by atoms with Crippen LogP contribution in [0.3, 0.4) is 0 Å². The number of fused-ring (bicyclic) bond motifs is 1. The molecule has 0 bridgehead atoms. The first-order chi connectivity index (χ1) is 18.4. The molecule has 0 saturated heterocycles. The summed E-state index contributed by atoms with van der Waals surface area (Å²) in [5.74, 6) is -8.57. The lowest BCUT2D eigenvalue weighted by molar-refractivity contribution is -0.200. The van der Waals surface area contributed by atoms with Crippen molar-refractivity contribution < 1.29 is 54.0 Å². The van der Waals surface area contributed by atoms with Gasteiger partial charge in [-0.1, -0.05) is 13.0 Å². The molecular formula is C26H27F8NO4S. The molecule has 1 fully saturated rings. The second-order valence-corrected chi connectivity index (χ2v) is 11.4. The molecule has 14 heteroatoms. The molecule has 1 atom stereocenters. The average molecular weight is 602 g/mol. The number of carbonyl (C=O) groups is 1. The van der Waals surface area contributed by atoms with E-state index in [-0.39, 0.29) is 35.0 Å². The molecular weight excluding hydrogens is 574 g/mol. The molecule has 1 N–H and O–H groups in total.